The second kappa shape index (κ2) is 10.0. The van der Waals surface area contributed by atoms with Crippen molar-refractivity contribution in [2.45, 2.75) is 38.4 Å². The van der Waals surface area contributed by atoms with Crippen LogP contribution in [-0.4, -0.2) is 79.0 Å². The second-order valence-electron chi connectivity index (χ2n) is 9.77. The minimum atomic E-state index is -3.54. The van der Waals surface area contributed by atoms with E-state index in [2.05, 4.69) is 20.2 Å². The molecule has 1 aromatic carbocycles. The van der Waals surface area contributed by atoms with Crippen molar-refractivity contribution >= 4 is 21.7 Å². The fourth-order valence-electron chi connectivity index (χ4n) is 5.32. The number of sulfone groups is 1. The number of aryl methyl sites for hydroxylation is 2. The molecule has 9 nitrogen and oxygen atoms in total. The van der Waals surface area contributed by atoms with Crippen LogP contribution in [0, 0.1) is 25.7 Å². The third-order valence-corrected chi connectivity index (χ3v) is 7.80. The first-order valence-corrected chi connectivity index (χ1v) is 13.8. The summed E-state index contributed by atoms with van der Waals surface area (Å²) in [5, 5.41) is 2.82. The van der Waals surface area contributed by atoms with Crippen LogP contribution in [0.3, 0.4) is 0 Å². The molecule has 188 valence electrons. The van der Waals surface area contributed by atoms with E-state index in [-0.39, 0.29) is 23.0 Å². The van der Waals surface area contributed by atoms with Crippen LogP contribution >= 0.6 is 0 Å². The number of likely N-dealkylation sites (tertiary alicyclic amines) is 2. The van der Waals surface area contributed by atoms with Gasteiger partial charge in [-0.3, -0.25) is 9.59 Å². The fraction of sp³-hybridized carbons (Fsp3) is 0.520. The van der Waals surface area contributed by atoms with Crippen molar-refractivity contribution < 1.29 is 18.0 Å². The average molecular weight is 500 g/mol. The van der Waals surface area contributed by atoms with Gasteiger partial charge in [0.15, 0.2) is 0 Å². The predicted molar refractivity (Wildman–Crippen MR) is 132 cm³/mol. The van der Waals surface area contributed by atoms with Crippen LogP contribution in [0.15, 0.2) is 35.5 Å². The number of amides is 2. The maximum absolute atomic E-state index is 13.3. The molecule has 4 rings (SSSR count). The van der Waals surface area contributed by atoms with Gasteiger partial charge < -0.3 is 15.1 Å². The quantitative estimate of drug-likeness (QED) is 0.578. The van der Waals surface area contributed by atoms with E-state index < -0.39 is 9.84 Å². The Kier molecular flexibility index (Phi) is 7.23. The van der Waals surface area contributed by atoms with Gasteiger partial charge in [-0.2, -0.15) is 0 Å². The van der Waals surface area contributed by atoms with E-state index in [1.807, 2.05) is 35.2 Å². The van der Waals surface area contributed by atoms with Crippen LogP contribution in [0.25, 0.3) is 0 Å². The summed E-state index contributed by atoms with van der Waals surface area (Å²) in [6.45, 7) is 8.90. The minimum absolute atomic E-state index is 0.0203. The Morgan fingerprint density at radius 1 is 1.03 bits per heavy atom. The summed E-state index contributed by atoms with van der Waals surface area (Å²) in [5.41, 5.74) is 2.29. The monoisotopic (exact) mass is 499 g/mol. The largest absolute Gasteiger partial charge is 0.349 e. The first-order chi connectivity index (χ1) is 16.5. The van der Waals surface area contributed by atoms with Crippen molar-refractivity contribution in [1.29, 1.82) is 0 Å². The van der Waals surface area contributed by atoms with Gasteiger partial charge in [0.05, 0.1) is 23.0 Å². The molecule has 35 heavy (non-hydrogen) atoms. The molecule has 0 saturated carbocycles. The Hall–Kier alpha value is -2.85. The van der Waals surface area contributed by atoms with Crippen molar-refractivity contribution in [3.8, 4) is 0 Å². The molecule has 2 aliphatic heterocycles. The van der Waals surface area contributed by atoms with E-state index >= 15 is 0 Å². The van der Waals surface area contributed by atoms with Crippen molar-refractivity contribution in [1.82, 2.24) is 25.1 Å². The summed E-state index contributed by atoms with van der Waals surface area (Å²) in [5.74, 6) is 0.625. The lowest BCUT2D eigenvalue weighted by Gasteiger charge is -2.25. The van der Waals surface area contributed by atoms with Gasteiger partial charge in [0.25, 0.3) is 5.91 Å². The van der Waals surface area contributed by atoms with Gasteiger partial charge in [-0.1, -0.05) is 30.3 Å². The van der Waals surface area contributed by atoms with Crippen molar-refractivity contribution in [3.05, 3.63) is 52.8 Å². The molecule has 0 radical (unpaired) electrons. The number of benzene rings is 1. The van der Waals surface area contributed by atoms with Gasteiger partial charge in [-0.25, -0.2) is 18.4 Å². The van der Waals surface area contributed by atoms with E-state index in [1.54, 1.807) is 20.8 Å². The molecule has 0 aliphatic carbocycles. The molecule has 2 fully saturated rings. The molecular formula is C25H33N5O4S. The topological polar surface area (TPSA) is 113 Å². The lowest BCUT2D eigenvalue weighted by Crippen LogP contribution is -2.35. The summed E-state index contributed by atoms with van der Waals surface area (Å²) in [4.78, 5) is 37.4. The number of hydrogen-bond acceptors (Lipinski definition) is 7. The molecule has 2 saturated heterocycles. The lowest BCUT2D eigenvalue weighted by atomic mass is 10.0. The Morgan fingerprint density at radius 2 is 1.60 bits per heavy atom. The highest BCUT2D eigenvalue weighted by Gasteiger charge is 2.42. The number of nitrogens with one attached hydrogen (secondary N) is 1. The van der Waals surface area contributed by atoms with Crippen LogP contribution in [-0.2, 0) is 14.6 Å². The highest BCUT2D eigenvalue weighted by atomic mass is 32.2. The number of carbonyl (C=O) groups excluding carboxylic acids is 2. The average Bonchev–Trinajstić information content (AvgIpc) is 3.35. The first kappa shape index (κ1) is 25.2. The Labute approximate surface area is 206 Å². The van der Waals surface area contributed by atoms with Gasteiger partial charge in [-0.15, -0.1) is 0 Å². The third-order valence-electron chi connectivity index (χ3n) is 6.96. The Bertz CT molecular complexity index is 1180. The molecule has 2 aliphatic rings. The van der Waals surface area contributed by atoms with E-state index in [0.29, 0.717) is 41.9 Å². The van der Waals surface area contributed by atoms with E-state index in [1.165, 1.54) is 0 Å². The number of fused-ring (bicyclic) bond motifs is 1. The smallest absolute Gasteiger partial charge is 0.257 e. The summed E-state index contributed by atoms with van der Waals surface area (Å²) in [6.07, 6.45) is 1.89. The molecule has 2 unspecified atom stereocenters. The van der Waals surface area contributed by atoms with Crippen LogP contribution in [0.2, 0.25) is 0 Å². The molecule has 10 heteroatoms. The zero-order valence-electron chi connectivity index (χ0n) is 20.7. The van der Waals surface area contributed by atoms with Crippen molar-refractivity contribution in [2.75, 3.05) is 39.0 Å². The second-order valence-corrected chi connectivity index (χ2v) is 11.7. The van der Waals surface area contributed by atoms with Gasteiger partial charge in [-0.05, 0) is 37.7 Å². The highest BCUT2D eigenvalue weighted by Crippen LogP contribution is 2.33. The van der Waals surface area contributed by atoms with Gasteiger partial charge in [0.1, 0.15) is 0 Å². The molecule has 3 atom stereocenters. The summed E-state index contributed by atoms with van der Waals surface area (Å²) in [6, 6.07) is 10.0. The summed E-state index contributed by atoms with van der Waals surface area (Å²) >= 11 is 0. The molecule has 1 aromatic heterocycles. The van der Waals surface area contributed by atoms with Crippen LogP contribution in [0.1, 0.15) is 46.7 Å². The summed E-state index contributed by atoms with van der Waals surface area (Å²) < 4.78 is 23.6. The molecular weight excluding hydrogens is 466 g/mol. The molecule has 2 amide bonds. The fourth-order valence-corrected chi connectivity index (χ4v) is 5.93. The Balaban J connectivity index is 1.36. The van der Waals surface area contributed by atoms with Gasteiger partial charge in [0, 0.05) is 45.9 Å². The number of hydrogen-bond donors (Lipinski definition) is 1. The van der Waals surface area contributed by atoms with Crippen LogP contribution < -0.4 is 5.32 Å². The molecule has 0 spiro atoms. The molecule has 2 aromatic rings. The molecule has 0 bridgehead atoms. The van der Waals surface area contributed by atoms with Gasteiger partial charge >= 0.3 is 0 Å². The predicted octanol–water partition coefficient (Wildman–Crippen LogP) is 1.77. The number of nitrogens with zero attached hydrogens (tertiary/aromatic N) is 4. The van der Waals surface area contributed by atoms with E-state index in [9.17, 15) is 18.0 Å². The van der Waals surface area contributed by atoms with Gasteiger partial charge in [0.2, 0.25) is 20.9 Å². The SMILES string of the molecule is CC(=O)N[C@@H](CCN1CC2CN(C(=O)c3c(C)nc(S(C)(=O)=O)nc3C)CC2C1)c1ccccc1. The molecule has 1 N–H and O–H groups in total. The van der Waals surface area contributed by atoms with E-state index in [4.69, 9.17) is 0 Å². The minimum Gasteiger partial charge on any atom is -0.349 e. The zero-order chi connectivity index (χ0) is 25.3. The van der Waals surface area contributed by atoms with Crippen molar-refractivity contribution in [2.24, 2.45) is 11.8 Å². The zero-order valence-corrected chi connectivity index (χ0v) is 21.5. The first-order valence-electron chi connectivity index (χ1n) is 11.9. The highest BCUT2D eigenvalue weighted by molar-refractivity contribution is 7.90. The van der Waals surface area contributed by atoms with Crippen LogP contribution in [0.4, 0.5) is 0 Å². The normalized spacial score (nSPS) is 21.1. The van der Waals surface area contributed by atoms with Crippen molar-refractivity contribution in [3.63, 3.8) is 0 Å². The maximum atomic E-state index is 13.3. The number of rotatable bonds is 7. The number of carbonyl (C=O) groups is 2. The number of aromatic nitrogens is 2. The molecule has 3 heterocycles. The maximum Gasteiger partial charge on any atom is 0.257 e. The summed E-state index contributed by atoms with van der Waals surface area (Å²) in [7, 11) is -3.54. The third kappa shape index (κ3) is 5.70. The Morgan fingerprint density at radius 3 is 2.11 bits per heavy atom. The van der Waals surface area contributed by atoms with E-state index in [0.717, 1.165) is 37.9 Å². The standard InChI is InChI=1S/C25H33N5O4S/c1-16-23(17(2)27-25(26-16)35(4,33)34)24(32)30-14-20-12-29(13-21(20)15-30)11-10-22(28-18(3)31)19-8-6-5-7-9-19/h5-9,20-22H,10-15H2,1-4H3,(H,28,31)/t20?,21?,22-/m0/s1. The van der Waals surface area contributed by atoms with Crippen LogP contribution in [0.5, 0.6) is 0 Å². The lowest BCUT2D eigenvalue weighted by molar-refractivity contribution is -0.119.